The Morgan fingerprint density at radius 1 is 0.519 bits per heavy atom. The zero-order chi connectivity index (χ0) is 55.7. The molecule has 8 rings (SSSR count). The topological polar surface area (TPSA) is 104 Å². The van der Waals surface area contributed by atoms with Gasteiger partial charge in [-0.1, -0.05) is 136 Å². The third kappa shape index (κ3) is 13.0. The number of ether oxygens (including phenoxy) is 1. The molecule has 2 fully saturated rings. The van der Waals surface area contributed by atoms with Crippen molar-refractivity contribution >= 4 is 11.9 Å². The van der Waals surface area contributed by atoms with E-state index in [1.807, 2.05) is 19.1 Å². The smallest absolute Gasteiger partial charge is 0.310 e. The minimum Gasteiger partial charge on any atom is -0.481 e. The van der Waals surface area contributed by atoms with E-state index in [2.05, 4.69) is 144 Å². The lowest BCUT2D eigenvalue weighted by Gasteiger charge is -2.34. The van der Waals surface area contributed by atoms with Crippen LogP contribution < -0.4 is 0 Å². The number of halogens is 2. The van der Waals surface area contributed by atoms with Crippen molar-refractivity contribution < 1.29 is 38.4 Å². The van der Waals surface area contributed by atoms with Gasteiger partial charge in [0.05, 0.1) is 20.0 Å². The normalized spacial score (nSPS) is 14.6. The highest BCUT2D eigenvalue weighted by Crippen LogP contribution is 2.43. The van der Waals surface area contributed by atoms with Crippen molar-refractivity contribution in [2.24, 2.45) is 0 Å². The number of aliphatic hydroxyl groups is 2. The lowest BCUT2D eigenvalue weighted by Crippen LogP contribution is -2.26. The van der Waals surface area contributed by atoms with Gasteiger partial charge in [-0.2, -0.15) is 0 Å². The van der Waals surface area contributed by atoms with Crippen LogP contribution in [-0.4, -0.2) is 45.6 Å². The van der Waals surface area contributed by atoms with Crippen LogP contribution in [0.3, 0.4) is 0 Å². The molecule has 77 heavy (non-hydrogen) atoms. The summed E-state index contributed by atoms with van der Waals surface area (Å²) in [4.78, 5) is 22.6. The molecule has 0 spiro atoms. The molecule has 0 radical (unpaired) electrons. The summed E-state index contributed by atoms with van der Waals surface area (Å²) in [7, 11) is 1.30. The maximum Gasteiger partial charge on any atom is 0.310 e. The molecule has 0 amide bonds. The van der Waals surface area contributed by atoms with E-state index in [4.69, 9.17) is 5.11 Å². The van der Waals surface area contributed by atoms with E-state index in [9.17, 15) is 28.6 Å². The van der Waals surface area contributed by atoms with Gasteiger partial charge >= 0.3 is 11.9 Å². The largest absolute Gasteiger partial charge is 0.481 e. The van der Waals surface area contributed by atoms with Crippen molar-refractivity contribution in [3.05, 3.63) is 188 Å². The number of aliphatic carboxylic acids is 1. The number of hydrogen-bond acceptors (Lipinski definition) is 5. The molecular formula is C69H76F2O6. The van der Waals surface area contributed by atoms with Gasteiger partial charge in [0.25, 0.3) is 0 Å². The highest BCUT2D eigenvalue weighted by molar-refractivity contribution is 5.75. The first-order chi connectivity index (χ1) is 36.7. The molecule has 3 N–H and O–H groups in total. The Morgan fingerprint density at radius 2 is 0.870 bits per heavy atom. The fourth-order valence-electron chi connectivity index (χ4n) is 11.9. The first-order valence-electron chi connectivity index (χ1n) is 27.6. The average Bonchev–Trinajstić information content (AvgIpc) is 4.07. The predicted octanol–water partition coefficient (Wildman–Crippen LogP) is 15.1. The van der Waals surface area contributed by atoms with E-state index in [0.29, 0.717) is 5.56 Å². The fourth-order valence-corrected chi connectivity index (χ4v) is 11.9. The Kier molecular flexibility index (Phi) is 18.5. The van der Waals surface area contributed by atoms with Crippen molar-refractivity contribution in [3.63, 3.8) is 0 Å². The van der Waals surface area contributed by atoms with Crippen molar-refractivity contribution in [3.8, 4) is 45.9 Å². The monoisotopic (exact) mass is 1040 g/mol. The summed E-state index contributed by atoms with van der Waals surface area (Å²) in [6.45, 7) is 17.1. The fraction of sp³-hybridized carbons (Fsp3) is 0.391. The molecule has 0 saturated heterocycles. The Bertz CT molecular complexity index is 3250. The molecule has 2 aliphatic carbocycles. The Balaban J connectivity index is 0.000000224. The van der Waals surface area contributed by atoms with E-state index >= 15 is 0 Å². The Labute approximate surface area is 456 Å². The van der Waals surface area contributed by atoms with Crippen LogP contribution in [0.4, 0.5) is 8.78 Å². The number of esters is 1. The molecule has 0 atom stereocenters. The van der Waals surface area contributed by atoms with Gasteiger partial charge in [0.1, 0.15) is 22.8 Å². The number of aryl methyl sites for hydroxylation is 4. The van der Waals surface area contributed by atoms with Crippen molar-refractivity contribution in [1.82, 2.24) is 0 Å². The summed E-state index contributed by atoms with van der Waals surface area (Å²) >= 11 is 0. The van der Waals surface area contributed by atoms with Crippen LogP contribution in [0, 0.1) is 63.0 Å². The molecule has 2 aliphatic rings. The van der Waals surface area contributed by atoms with Crippen LogP contribution in [0.5, 0.6) is 0 Å². The minimum atomic E-state index is -1.05. The van der Waals surface area contributed by atoms with E-state index in [0.717, 1.165) is 133 Å². The quantitative estimate of drug-likeness (QED) is 0.0742. The lowest BCUT2D eigenvalue weighted by atomic mass is 9.69. The molecule has 0 heterocycles. The van der Waals surface area contributed by atoms with Gasteiger partial charge < -0.3 is 20.1 Å². The second-order valence-electron chi connectivity index (χ2n) is 21.6. The molecule has 0 aliphatic heterocycles. The van der Waals surface area contributed by atoms with Crippen LogP contribution in [0.15, 0.2) is 109 Å². The van der Waals surface area contributed by atoms with Crippen molar-refractivity contribution in [2.45, 2.75) is 167 Å². The van der Waals surface area contributed by atoms with E-state index < -0.39 is 34.8 Å². The van der Waals surface area contributed by atoms with Gasteiger partial charge in [-0.25, -0.2) is 8.78 Å². The zero-order valence-corrected chi connectivity index (χ0v) is 46.6. The van der Waals surface area contributed by atoms with Crippen LogP contribution in [0.25, 0.3) is 22.3 Å². The van der Waals surface area contributed by atoms with Crippen LogP contribution >= 0.6 is 0 Å². The highest BCUT2D eigenvalue weighted by atomic mass is 19.1. The van der Waals surface area contributed by atoms with Crippen LogP contribution in [0.1, 0.15) is 172 Å². The molecule has 6 nitrogen and oxygen atoms in total. The summed E-state index contributed by atoms with van der Waals surface area (Å²) in [5.41, 5.74) is 13.1. The standard InChI is InChI=1S/C35H39FO3.C34H37FO3/c1-6-35(7-2,29-13-12-26(24(3)20-29)16-19-34(38)17-8-9-18-34)30-14-15-31(25(4)21-30)27-10-11-28(32(36)22-27)23-33(37)39-5;1-5-34(6-2,28-12-11-25(23(3)19-28)15-18-33(38)16-7-8-17-33)29-13-14-30(24(4)20-29)26-9-10-27(22-32(36)37)31(35)21-26/h10-15,20-22,38H,6-9,17-18,23H2,1-5H3;9-14,19-21,38H,5-8,16-17,22H2,1-4H3,(H,36,37). The Morgan fingerprint density at radius 3 is 1.18 bits per heavy atom. The van der Waals surface area contributed by atoms with Crippen LogP contribution in [-0.2, 0) is 38.0 Å². The molecule has 0 unspecified atom stereocenters. The lowest BCUT2D eigenvalue weighted by molar-refractivity contribution is -0.140. The molecule has 0 aromatic heterocycles. The highest BCUT2D eigenvalue weighted by Gasteiger charge is 2.34. The number of carboxylic acids is 1. The summed E-state index contributed by atoms with van der Waals surface area (Å²) in [6, 6.07) is 35.7. The number of methoxy groups -OCH3 is 1. The number of benzene rings is 6. The van der Waals surface area contributed by atoms with E-state index in [1.165, 1.54) is 41.5 Å². The zero-order valence-electron chi connectivity index (χ0n) is 46.6. The van der Waals surface area contributed by atoms with Gasteiger partial charge in [-0.05, 0) is 207 Å². The molecule has 6 aromatic rings. The molecule has 8 heteroatoms. The van der Waals surface area contributed by atoms with Crippen LogP contribution in [0.2, 0.25) is 0 Å². The number of hydrogen-bond donors (Lipinski definition) is 3. The van der Waals surface area contributed by atoms with Gasteiger partial charge in [0, 0.05) is 22.0 Å². The first kappa shape index (κ1) is 57.9. The summed E-state index contributed by atoms with van der Waals surface area (Å²) in [5, 5.41) is 30.3. The summed E-state index contributed by atoms with van der Waals surface area (Å²) in [5.74, 6) is 10.3. The Hall–Kier alpha value is -6.84. The van der Waals surface area contributed by atoms with E-state index in [-0.39, 0.29) is 29.2 Å². The summed E-state index contributed by atoms with van der Waals surface area (Å²) < 4.78 is 34.0. The number of carbonyl (C=O) groups excluding carboxylic acids is 1. The second kappa shape index (κ2) is 24.7. The average molecular weight is 1040 g/mol. The van der Waals surface area contributed by atoms with Gasteiger partial charge in [-0.15, -0.1) is 0 Å². The number of rotatable bonds is 14. The van der Waals surface area contributed by atoms with Gasteiger partial charge in [0.15, 0.2) is 0 Å². The number of carboxylic acid groups (broad SMARTS) is 1. The van der Waals surface area contributed by atoms with Gasteiger partial charge in [-0.3, -0.25) is 9.59 Å². The molecule has 6 aromatic carbocycles. The number of carbonyl (C=O) groups is 2. The van der Waals surface area contributed by atoms with Gasteiger partial charge in [0.2, 0.25) is 0 Å². The molecule has 402 valence electrons. The predicted molar refractivity (Wildman–Crippen MR) is 306 cm³/mol. The molecule has 0 bridgehead atoms. The minimum absolute atomic E-state index is 0.0826. The molecular weight excluding hydrogens is 963 g/mol. The summed E-state index contributed by atoms with van der Waals surface area (Å²) in [6.07, 6.45) is 10.4. The maximum atomic E-state index is 14.8. The molecule has 2 saturated carbocycles. The third-order valence-corrected chi connectivity index (χ3v) is 16.9. The van der Waals surface area contributed by atoms with Crippen molar-refractivity contribution in [1.29, 1.82) is 0 Å². The third-order valence-electron chi connectivity index (χ3n) is 16.9. The van der Waals surface area contributed by atoms with Crippen molar-refractivity contribution in [2.75, 3.05) is 7.11 Å². The van der Waals surface area contributed by atoms with E-state index in [1.54, 1.807) is 18.2 Å². The second-order valence-corrected chi connectivity index (χ2v) is 21.6. The SMILES string of the molecule is CCC(CC)(c1ccc(C#CC2(O)CCCC2)c(C)c1)c1ccc(-c2ccc(CC(=O)O)c(F)c2)c(C)c1.CCC(CC)(c1ccc(C#CC2(O)CCCC2)c(C)c1)c1ccc(-c2ccc(CC(=O)OC)c(F)c2)c(C)c1. The first-order valence-corrected chi connectivity index (χ1v) is 27.6. The maximum absolute atomic E-state index is 14.8.